The zero-order valence-electron chi connectivity index (χ0n) is 9.23. The highest BCUT2D eigenvalue weighted by Gasteiger charge is 2.23. The zero-order chi connectivity index (χ0) is 11.5. The lowest BCUT2D eigenvalue weighted by molar-refractivity contribution is -0.139. The Morgan fingerprint density at radius 1 is 1.60 bits per heavy atom. The van der Waals surface area contributed by atoms with Crippen LogP contribution in [0.4, 0.5) is 0 Å². The van der Waals surface area contributed by atoms with E-state index in [9.17, 15) is 4.79 Å². The van der Waals surface area contributed by atoms with E-state index in [4.69, 9.17) is 5.11 Å². The van der Waals surface area contributed by atoms with E-state index in [1.165, 1.54) is 11.3 Å². The molecule has 1 N–H and O–H groups in total. The third-order valence-corrected chi connectivity index (χ3v) is 2.75. The molecule has 0 aliphatic carbocycles. The Balaban J connectivity index is 2.69. The molecular formula is C10H16N2O2S. The number of hydrogen-bond acceptors (Lipinski definition) is 4. The first-order valence-corrected chi connectivity index (χ1v) is 5.68. The first kappa shape index (κ1) is 12.1. The second-order valence-electron chi connectivity index (χ2n) is 4.40. The van der Waals surface area contributed by atoms with Crippen molar-refractivity contribution in [2.45, 2.75) is 32.9 Å². The molecule has 0 aliphatic heterocycles. The number of aliphatic carboxylic acids is 1. The molecule has 5 heteroatoms. The van der Waals surface area contributed by atoms with Gasteiger partial charge in [0.05, 0.1) is 17.7 Å². The molecule has 0 radical (unpaired) electrons. The second-order valence-corrected chi connectivity index (χ2v) is 5.12. The van der Waals surface area contributed by atoms with Crippen LogP contribution in [0.2, 0.25) is 0 Å². The SMILES string of the molecule is CC(C)(C)N(CC(=O)O)Cc1cscn1. The molecule has 1 rings (SSSR count). The molecule has 1 heterocycles. The van der Waals surface area contributed by atoms with Crippen LogP contribution < -0.4 is 0 Å². The first-order chi connectivity index (χ1) is 6.89. The summed E-state index contributed by atoms with van der Waals surface area (Å²) in [5.74, 6) is -0.805. The number of aromatic nitrogens is 1. The number of carboxylic acid groups (broad SMARTS) is 1. The maximum atomic E-state index is 10.7. The van der Waals surface area contributed by atoms with Crippen LogP contribution in [0.25, 0.3) is 0 Å². The molecule has 84 valence electrons. The molecule has 0 saturated carbocycles. The highest BCUT2D eigenvalue weighted by molar-refractivity contribution is 7.07. The Labute approximate surface area is 93.6 Å². The summed E-state index contributed by atoms with van der Waals surface area (Å²) in [6, 6.07) is 0. The number of thiazole rings is 1. The van der Waals surface area contributed by atoms with Gasteiger partial charge in [0.2, 0.25) is 0 Å². The summed E-state index contributed by atoms with van der Waals surface area (Å²) in [6.07, 6.45) is 0. The van der Waals surface area contributed by atoms with Gasteiger partial charge < -0.3 is 5.11 Å². The largest absolute Gasteiger partial charge is 0.480 e. The van der Waals surface area contributed by atoms with E-state index in [0.717, 1.165) is 5.69 Å². The molecule has 4 nitrogen and oxygen atoms in total. The smallest absolute Gasteiger partial charge is 0.317 e. The summed E-state index contributed by atoms with van der Waals surface area (Å²) in [5, 5.41) is 10.8. The standard InChI is InChI=1S/C10H16N2O2S/c1-10(2,3)12(5-9(13)14)4-8-6-15-7-11-8/h6-7H,4-5H2,1-3H3,(H,13,14). The fourth-order valence-electron chi connectivity index (χ4n) is 1.20. The number of hydrogen-bond donors (Lipinski definition) is 1. The third-order valence-electron chi connectivity index (χ3n) is 2.11. The molecule has 0 aromatic carbocycles. The van der Waals surface area contributed by atoms with Gasteiger partial charge in [0.1, 0.15) is 0 Å². The Morgan fingerprint density at radius 2 is 2.27 bits per heavy atom. The Hall–Kier alpha value is -0.940. The van der Waals surface area contributed by atoms with Gasteiger partial charge >= 0.3 is 5.97 Å². The van der Waals surface area contributed by atoms with Gasteiger partial charge in [-0.25, -0.2) is 4.98 Å². The number of carboxylic acids is 1. The predicted molar refractivity (Wildman–Crippen MR) is 59.9 cm³/mol. The van der Waals surface area contributed by atoms with Crippen molar-refractivity contribution in [2.75, 3.05) is 6.54 Å². The van der Waals surface area contributed by atoms with Crippen molar-refractivity contribution >= 4 is 17.3 Å². The van der Waals surface area contributed by atoms with Crippen LogP contribution in [0.1, 0.15) is 26.5 Å². The van der Waals surface area contributed by atoms with Crippen LogP contribution in [0.5, 0.6) is 0 Å². The summed E-state index contributed by atoms with van der Waals surface area (Å²) < 4.78 is 0. The molecule has 0 fully saturated rings. The van der Waals surface area contributed by atoms with Crippen LogP contribution in [-0.2, 0) is 11.3 Å². The van der Waals surface area contributed by atoms with Gasteiger partial charge in [-0.15, -0.1) is 11.3 Å². The maximum Gasteiger partial charge on any atom is 0.317 e. The Morgan fingerprint density at radius 3 is 2.67 bits per heavy atom. The predicted octanol–water partition coefficient (Wildman–Crippen LogP) is 1.83. The zero-order valence-corrected chi connectivity index (χ0v) is 10.0. The van der Waals surface area contributed by atoms with E-state index in [1.807, 2.05) is 31.1 Å². The van der Waals surface area contributed by atoms with Gasteiger partial charge in [0.25, 0.3) is 0 Å². The summed E-state index contributed by atoms with van der Waals surface area (Å²) in [7, 11) is 0. The van der Waals surface area contributed by atoms with Gasteiger partial charge in [-0.2, -0.15) is 0 Å². The van der Waals surface area contributed by atoms with E-state index in [2.05, 4.69) is 4.98 Å². The lowest BCUT2D eigenvalue weighted by atomic mass is 10.1. The van der Waals surface area contributed by atoms with Crippen molar-refractivity contribution in [1.82, 2.24) is 9.88 Å². The topological polar surface area (TPSA) is 53.4 Å². The summed E-state index contributed by atoms with van der Waals surface area (Å²) in [5.41, 5.74) is 2.52. The van der Waals surface area contributed by atoms with Gasteiger partial charge in [-0.05, 0) is 20.8 Å². The number of rotatable bonds is 4. The maximum absolute atomic E-state index is 10.7. The normalized spacial score (nSPS) is 12.0. The number of carbonyl (C=O) groups is 1. The van der Waals surface area contributed by atoms with Crippen molar-refractivity contribution in [2.24, 2.45) is 0 Å². The van der Waals surface area contributed by atoms with E-state index >= 15 is 0 Å². The molecule has 0 saturated heterocycles. The van der Waals surface area contributed by atoms with Crippen LogP contribution in [0, 0.1) is 0 Å². The van der Waals surface area contributed by atoms with Gasteiger partial charge in [-0.1, -0.05) is 0 Å². The minimum absolute atomic E-state index is 0.0427. The Kier molecular flexibility index (Phi) is 3.82. The van der Waals surface area contributed by atoms with Crippen molar-refractivity contribution in [3.63, 3.8) is 0 Å². The van der Waals surface area contributed by atoms with E-state index in [0.29, 0.717) is 6.54 Å². The van der Waals surface area contributed by atoms with Crippen molar-refractivity contribution < 1.29 is 9.90 Å². The van der Waals surface area contributed by atoms with Crippen LogP contribution in [0.15, 0.2) is 10.9 Å². The fourth-order valence-corrected chi connectivity index (χ4v) is 1.75. The lowest BCUT2D eigenvalue weighted by Gasteiger charge is -2.33. The van der Waals surface area contributed by atoms with Gasteiger partial charge in [-0.3, -0.25) is 9.69 Å². The van der Waals surface area contributed by atoms with E-state index < -0.39 is 5.97 Å². The highest BCUT2D eigenvalue weighted by atomic mass is 32.1. The minimum Gasteiger partial charge on any atom is -0.480 e. The number of nitrogens with zero attached hydrogens (tertiary/aromatic N) is 2. The first-order valence-electron chi connectivity index (χ1n) is 4.73. The third kappa shape index (κ3) is 3.97. The Bertz CT molecular complexity index is 317. The molecule has 0 atom stereocenters. The molecule has 0 unspecified atom stereocenters. The second kappa shape index (κ2) is 4.72. The molecule has 15 heavy (non-hydrogen) atoms. The molecule has 0 spiro atoms. The lowest BCUT2D eigenvalue weighted by Crippen LogP contribution is -2.43. The molecular weight excluding hydrogens is 212 g/mol. The molecule has 0 amide bonds. The molecule has 0 aliphatic rings. The summed E-state index contributed by atoms with van der Waals surface area (Å²) in [6.45, 7) is 6.63. The average molecular weight is 228 g/mol. The molecule has 1 aromatic heterocycles. The van der Waals surface area contributed by atoms with Crippen LogP contribution >= 0.6 is 11.3 Å². The highest BCUT2D eigenvalue weighted by Crippen LogP contribution is 2.16. The molecule has 1 aromatic rings. The van der Waals surface area contributed by atoms with Crippen molar-refractivity contribution in [1.29, 1.82) is 0 Å². The van der Waals surface area contributed by atoms with E-state index in [1.54, 1.807) is 5.51 Å². The van der Waals surface area contributed by atoms with Crippen LogP contribution in [-0.4, -0.2) is 33.0 Å². The average Bonchev–Trinajstić information content (AvgIpc) is 2.53. The van der Waals surface area contributed by atoms with Crippen molar-refractivity contribution in [3.05, 3.63) is 16.6 Å². The van der Waals surface area contributed by atoms with Gasteiger partial charge in [0, 0.05) is 17.5 Å². The van der Waals surface area contributed by atoms with Gasteiger partial charge in [0.15, 0.2) is 0 Å². The summed E-state index contributed by atoms with van der Waals surface area (Å²) in [4.78, 5) is 16.8. The monoisotopic (exact) mass is 228 g/mol. The fraction of sp³-hybridized carbons (Fsp3) is 0.600. The quantitative estimate of drug-likeness (QED) is 0.854. The minimum atomic E-state index is -0.805. The van der Waals surface area contributed by atoms with E-state index in [-0.39, 0.29) is 12.1 Å². The molecule has 0 bridgehead atoms. The van der Waals surface area contributed by atoms with Crippen molar-refractivity contribution in [3.8, 4) is 0 Å². The summed E-state index contributed by atoms with van der Waals surface area (Å²) >= 11 is 1.53. The van der Waals surface area contributed by atoms with Crippen LogP contribution in [0.3, 0.4) is 0 Å².